The third-order valence-electron chi connectivity index (χ3n) is 5.82. The van der Waals surface area contributed by atoms with Gasteiger partial charge in [0.05, 0.1) is 17.8 Å². The number of nitrogens with zero attached hydrogens (tertiary/aromatic N) is 4. The van der Waals surface area contributed by atoms with Crippen molar-refractivity contribution in [3.63, 3.8) is 0 Å². The van der Waals surface area contributed by atoms with Gasteiger partial charge in [-0.2, -0.15) is 0 Å². The van der Waals surface area contributed by atoms with Crippen LogP contribution in [0, 0.1) is 5.92 Å². The van der Waals surface area contributed by atoms with E-state index in [-0.39, 0.29) is 19.1 Å². The van der Waals surface area contributed by atoms with Crippen LogP contribution < -0.4 is 4.74 Å². The number of aromatic nitrogens is 3. The Hall–Kier alpha value is -3.88. The second-order valence-corrected chi connectivity index (χ2v) is 9.62. The lowest BCUT2D eigenvalue weighted by molar-refractivity contribution is -0.144. The minimum Gasteiger partial charge on any atom is -0.487 e. The summed E-state index contributed by atoms with van der Waals surface area (Å²) in [7, 11) is 0. The molecule has 1 aromatic heterocycles. The lowest BCUT2D eigenvalue weighted by atomic mass is 9.80. The van der Waals surface area contributed by atoms with Crippen molar-refractivity contribution in [3.8, 4) is 11.4 Å². The molecule has 4 rings (SSSR count). The average Bonchev–Trinajstić information content (AvgIpc) is 3.31. The van der Waals surface area contributed by atoms with Crippen LogP contribution in [0.25, 0.3) is 5.69 Å². The monoisotopic (exact) mass is 478 g/mol. The molecule has 1 N–H and O–H groups in total. The number of carboxylic acid groups (broad SMARTS) is 1. The summed E-state index contributed by atoms with van der Waals surface area (Å²) in [4.78, 5) is 26.3. The zero-order valence-electron chi connectivity index (χ0n) is 20.1. The Morgan fingerprint density at radius 1 is 1.11 bits per heavy atom. The molecule has 0 bridgehead atoms. The zero-order valence-corrected chi connectivity index (χ0v) is 20.1. The van der Waals surface area contributed by atoms with Crippen LogP contribution in [0.2, 0.25) is 0 Å². The number of amides is 1. The number of ether oxygens (including phenoxy) is 2. The maximum Gasteiger partial charge on any atom is 0.410 e. The van der Waals surface area contributed by atoms with Crippen molar-refractivity contribution >= 4 is 12.1 Å². The molecule has 3 aromatic rings. The van der Waals surface area contributed by atoms with Crippen LogP contribution in [0.5, 0.6) is 5.75 Å². The van der Waals surface area contributed by atoms with Gasteiger partial charge in [0.15, 0.2) is 0 Å². The van der Waals surface area contributed by atoms with Gasteiger partial charge in [-0.15, -0.1) is 5.10 Å². The van der Waals surface area contributed by atoms with Gasteiger partial charge >= 0.3 is 12.1 Å². The summed E-state index contributed by atoms with van der Waals surface area (Å²) in [5.74, 6) is -1.10. The minimum atomic E-state index is -0.870. The first-order chi connectivity index (χ1) is 16.7. The van der Waals surface area contributed by atoms with Crippen LogP contribution in [0.4, 0.5) is 4.79 Å². The van der Waals surface area contributed by atoms with Gasteiger partial charge in [0, 0.05) is 19.0 Å². The Kier molecular flexibility index (Phi) is 7.04. The number of likely N-dealkylation sites (tertiary alicyclic amines) is 1. The number of carbonyl (C=O) groups is 2. The predicted octanol–water partition coefficient (Wildman–Crippen LogP) is 4.27. The highest BCUT2D eigenvalue weighted by atomic mass is 16.6. The topological polar surface area (TPSA) is 107 Å². The Balaban J connectivity index is 1.51. The second kappa shape index (κ2) is 10.2. The van der Waals surface area contributed by atoms with Crippen LogP contribution in [-0.2, 0) is 16.1 Å². The first-order valence-electron chi connectivity index (χ1n) is 11.6. The molecule has 184 valence electrons. The number of para-hydroxylation sites is 1. The maximum atomic E-state index is 12.6. The molecule has 0 unspecified atom stereocenters. The summed E-state index contributed by atoms with van der Waals surface area (Å²) < 4.78 is 12.9. The number of aliphatic carboxylic acids is 1. The normalized spacial score (nSPS) is 18.2. The molecular formula is C26H30N4O5. The first-order valence-corrected chi connectivity index (χ1v) is 11.6. The molecule has 0 aliphatic carbocycles. The van der Waals surface area contributed by atoms with E-state index < -0.39 is 23.6 Å². The van der Waals surface area contributed by atoms with Gasteiger partial charge < -0.3 is 19.5 Å². The predicted molar refractivity (Wildman–Crippen MR) is 128 cm³/mol. The van der Waals surface area contributed by atoms with E-state index in [4.69, 9.17) is 9.47 Å². The van der Waals surface area contributed by atoms with Crippen LogP contribution in [0.15, 0.2) is 60.8 Å². The highest BCUT2D eigenvalue weighted by molar-refractivity contribution is 5.73. The third kappa shape index (κ3) is 6.17. The first kappa shape index (κ1) is 24.3. The van der Waals surface area contributed by atoms with Gasteiger partial charge in [0.25, 0.3) is 0 Å². The fourth-order valence-electron chi connectivity index (χ4n) is 4.14. The molecule has 0 saturated carbocycles. The molecule has 1 aliphatic rings. The van der Waals surface area contributed by atoms with Gasteiger partial charge in [-0.05, 0) is 57.0 Å². The number of carbonyl (C=O) groups excluding carboxylic acids is 1. The van der Waals surface area contributed by atoms with Gasteiger partial charge in [-0.3, -0.25) is 4.79 Å². The van der Waals surface area contributed by atoms with Gasteiger partial charge in [0.2, 0.25) is 0 Å². The molecule has 1 saturated heterocycles. The summed E-state index contributed by atoms with van der Waals surface area (Å²) >= 11 is 0. The Labute approximate surface area is 204 Å². The van der Waals surface area contributed by atoms with E-state index >= 15 is 0 Å². The van der Waals surface area contributed by atoms with Crippen LogP contribution >= 0.6 is 0 Å². The molecule has 0 radical (unpaired) electrons. The summed E-state index contributed by atoms with van der Waals surface area (Å²) in [5, 5.41) is 18.2. The van der Waals surface area contributed by atoms with Gasteiger partial charge in [-0.1, -0.05) is 35.5 Å². The van der Waals surface area contributed by atoms with E-state index in [9.17, 15) is 14.7 Å². The number of hydrogen-bond donors (Lipinski definition) is 1. The van der Waals surface area contributed by atoms with Crippen molar-refractivity contribution < 1.29 is 24.2 Å². The fraction of sp³-hybridized carbons (Fsp3) is 0.385. The SMILES string of the molecule is CC(C)(C)OC(=O)N1CC[C@@H](C(=O)O)[C@H](c2cccc(-n3cc(COc4ccccc4)nn3)c2)C1. The Morgan fingerprint density at radius 2 is 1.89 bits per heavy atom. The molecule has 35 heavy (non-hydrogen) atoms. The molecule has 1 amide bonds. The number of rotatable bonds is 6. The lowest BCUT2D eigenvalue weighted by Crippen LogP contribution is -2.46. The molecule has 9 nitrogen and oxygen atoms in total. The molecule has 2 atom stereocenters. The fourth-order valence-corrected chi connectivity index (χ4v) is 4.14. The number of carboxylic acids is 1. The average molecular weight is 479 g/mol. The number of hydrogen-bond acceptors (Lipinski definition) is 6. The minimum absolute atomic E-state index is 0.267. The number of piperidine rings is 1. The summed E-state index contributed by atoms with van der Waals surface area (Å²) in [5.41, 5.74) is 1.61. The van der Waals surface area contributed by atoms with Crippen molar-refractivity contribution in [1.82, 2.24) is 19.9 Å². The van der Waals surface area contributed by atoms with Crippen molar-refractivity contribution in [2.45, 2.75) is 45.3 Å². The third-order valence-corrected chi connectivity index (χ3v) is 5.82. The summed E-state index contributed by atoms with van der Waals surface area (Å²) in [6, 6.07) is 17.0. The highest BCUT2D eigenvalue weighted by Crippen LogP contribution is 2.34. The molecule has 1 aliphatic heterocycles. The molecule has 2 heterocycles. The standard InChI is InChI=1S/C26H30N4O5/c1-26(2,3)35-25(33)29-13-12-22(24(31)32)23(16-29)18-8-7-9-20(14-18)30-15-19(27-28-30)17-34-21-10-5-4-6-11-21/h4-11,14-15,22-23H,12-13,16-17H2,1-3H3,(H,31,32)/t22-,23+/m1/s1. The van der Waals surface area contributed by atoms with Crippen molar-refractivity contribution in [3.05, 3.63) is 72.1 Å². The van der Waals surface area contributed by atoms with E-state index in [2.05, 4.69) is 10.3 Å². The molecule has 0 spiro atoms. The van der Waals surface area contributed by atoms with Crippen molar-refractivity contribution in [1.29, 1.82) is 0 Å². The Bertz CT molecular complexity index is 1170. The van der Waals surface area contributed by atoms with Gasteiger partial charge in [0.1, 0.15) is 23.7 Å². The molecular weight excluding hydrogens is 448 g/mol. The molecule has 1 fully saturated rings. The summed E-state index contributed by atoms with van der Waals surface area (Å²) in [6.07, 6.45) is 1.71. The van der Waals surface area contributed by atoms with E-state index in [1.54, 1.807) is 15.8 Å². The maximum absolute atomic E-state index is 12.6. The van der Waals surface area contributed by atoms with Crippen LogP contribution in [0.3, 0.4) is 0 Å². The van der Waals surface area contributed by atoms with Crippen LogP contribution in [-0.4, -0.2) is 55.8 Å². The number of benzene rings is 2. The second-order valence-electron chi connectivity index (χ2n) is 9.62. The lowest BCUT2D eigenvalue weighted by Gasteiger charge is -2.37. The molecule has 2 aromatic carbocycles. The van der Waals surface area contributed by atoms with E-state index in [0.29, 0.717) is 18.7 Å². The van der Waals surface area contributed by atoms with E-state index in [1.165, 1.54) is 0 Å². The molecule has 9 heteroatoms. The smallest absolute Gasteiger partial charge is 0.410 e. The van der Waals surface area contributed by atoms with Crippen molar-refractivity contribution in [2.24, 2.45) is 5.92 Å². The van der Waals surface area contributed by atoms with Crippen molar-refractivity contribution in [2.75, 3.05) is 13.1 Å². The van der Waals surface area contributed by atoms with Gasteiger partial charge in [-0.25, -0.2) is 9.48 Å². The van der Waals surface area contributed by atoms with E-state index in [1.807, 2.05) is 75.4 Å². The largest absolute Gasteiger partial charge is 0.487 e. The quantitative estimate of drug-likeness (QED) is 0.564. The highest BCUT2D eigenvalue weighted by Gasteiger charge is 2.38. The van der Waals surface area contributed by atoms with E-state index in [0.717, 1.165) is 17.0 Å². The zero-order chi connectivity index (χ0) is 25.0. The van der Waals surface area contributed by atoms with Crippen LogP contribution in [0.1, 0.15) is 44.4 Å². The Morgan fingerprint density at radius 3 is 2.60 bits per heavy atom. The summed E-state index contributed by atoms with van der Waals surface area (Å²) in [6.45, 7) is 6.32.